The zero-order chi connectivity index (χ0) is 25.7. The summed E-state index contributed by atoms with van der Waals surface area (Å²) in [6.45, 7) is 17.4. The highest BCUT2D eigenvalue weighted by Crippen LogP contribution is 2.40. The second-order valence-corrected chi connectivity index (χ2v) is 15.9. The fraction of sp³-hybridized carbons (Fsp3) is 0.481. The van der Waals surface area contributed by atoms with E-state index in [1.54, 1.807) is 19.1 Å². The molecule has 0 saturated heterocycles. The molecule has 3 N–H and O–H groups in total. The number of aromatic hydroxyl groups is 1. The Labute approximate surface area is 205 Å². The molecule has 1 atom stereocenters. The van der Waals surface area contributed by atoms with E-state index in [0.29, 0.717) is 24.2 Å². The zero-order valence-electron chi connectivity index (χ0n) is 21.8. The number of phenols is 1. The summed E-state index contributed by atoms with van der Waals surface area (Å²) >= 11 is 0. The number of Topliss-reactive ketones (excluding diaryl/α,β-unsaturated/α-hetero) is 1. The quantitative estimate of drug-likeness (QED) is 0.161. The molecule has 186 valence electrons. The smallest absolute Gasteiger partial charge is 0.211 e. The minimum absolute atomic E-state index is 0.0144. The highest BCUT2D eigenvalue weighted by molar-refractivity contribution is 6.74. The highest BCUT2D eigenvalue weighted by atomic mass is 28.4. The van der Waals surface area contributed by atoms with E-state index in [0.717, 1.165) is 17.5 Å². The first-order valence-corrected chi connectivity index (χ1v) is 14.6. The Morgan fingerprint density at radius 1 is 1.12 bits per heavy atom. The van der Waals surface area contributed by atoms with E-state index in [2.05, 4.69) is 58.3 Å². The lowest BCUT2D eigenvalue weighted by molar-refractivity contribution is -0.105. The second-order valence-electron chi connectivity index (χ2n) is 11.1. The van der Waals surface area contributed by atoms with Gasteiger partial charge in [0.15, 0.2) is 14.1 Å². The van der Waals surface area contributed by atoms with Crippen molar-refractivity contribution >= 4 is 26.2 Å². The summed E-state index contributed by atoms with van der Waals surface area (Å²) in [6, 6.07) is 12.9. The van der Waals surface area contributed by atoms with Gasteiger partial charge in [-0.25, -0.2) is 0 Å². The van der Waals surface area contributed by atoms with Crippen molar-refractivity contribution < 1.29 is 19.1 Å². The van der Waals surface area contributed by atoms with Crippen LogP contribution in [-0.4, -0.2) is 37.7 Å². The highest BCUT2D eigenvalue weighted by Gasteiger charge is 2.39. The predicted molar refractivity (Wildman–Crippen MR) is 141 cm³/mol. The van der Waals surface area contributed by atoms with Crippen LogP contribution in [0.4, 0.5) is 5.69 Å². The van der Waals surface area contributed by atoms with Crippen molar-refractivity contribution in [2.45, 2.75) is 77.7 Å². The van der Waals surface area contributed by atoms with Crippen LogP contribution in [0.3, 0.4) is 0 Å². The van der Waals surface area contributed by atoms with Gasteiger partial charge >= 0.3 is 0 Å². The van der Waals surface area contributed by atoms with Crippen molar-refractivity contribution in [3.63, 3.8) is 0 Å². The Morgan fingerprint density at radius 3 is 2.38 bits per heavy atom. The van der Waals surface area contributed by atoms with E-state index < -0.39 is 8.32 Å². The molecule has 7 heteroatoms. The number of phenolic OH excluding ortho intramolecular Hbond substituents is 1. The summed E-state index contributed by atoms with van der Waals surface area (Å²) in [5.74, 6) is 0.0723. The molecular formula is C27H40N2O4Si. The van der Waals surface area contributed by atoms with Crippen LogP contribution in [0.1, 0.15) is 69.1 Å². The molecule has 0 bridgehead atoms. The Kier molecular flexibility index (Phi) is 8.85. The average Bonchev–Trinajstić information content (AvgIpc) is 2.72. The van der Waals surface area contributed by atoms with Crippen LogP contribution in [0.25, 0.3) is 0 Å². The molecule has 0 fully saturated rings. The summed E-state index contributed by atoms with van der Waals surface area (Å²) in [4.78, 5) is 22.8. The summed E-state index contributed by atoms with van der Waals surface area (Å²) in [7, 11) is -2.12. The number of nitrogens with one attached hydrogen (secondary N) is 2. The first-order valence-electron chi connectivity index (χ1n) is 11.7. The molecule has 0 saturated carbocycles. The third-order valence-corrected chi connectivity index (χ3v) is 11.1. The van der Waals surface area contributed by atoms with Crippen LogP contribution in [0.15, 0.2) is 42.5 Å². The van der Waals surface area contributed by atoms with E-state index in [9.17, 15) is 14.7 Å². The fourth-order valence-electron chi connectivity index (χ4n) is 3.54. The second kappa shape index (κ2) is 10.8. The van der Waals surface area contributed by atoms with Gasteiger partial charge in [-0.3, -0.25) is 9.59 Å². The van der Waals surface area contributed by atoms with Gasteiger partial charge in [0, 0.05) is 17.6 Å². The average molecular weight is 485 g/mol. The molecule has 1 amide bonds. The maximum atomic E-state index is 11.8. The Balaban J connectivity index is 2.29. The zero-order valence-corrected chi connectivity index (χ0v) is 22.8. The third-order valence-electron chi connectivity index (χ3n) is 6.60. The molecule has 6 nitrogen and oxygen atoms in total. The number of ketones is 1. The van der Waals surface area contributed by atoms with Gasteiger partial charge in [-0.05, 0) is 74.7 Å². The first-order chi connectivity index (χ1) is 15.6. The molecule has 0 unspecified atom stereocenters. The molecule has 0 aromatic heterocycles. The lowest BCUT2D eigenvalue weighted by Crippen LogP contribution is -2.47. The van der Waals surface area contributed by atoms with Crippen molar-refractivity contribution in [3.05, 3.63) is 59.2 Å². The summed E-state index contributed by atoms with van der Waals surface area (Å²) in [5.41, 5.74) is 2.79. The number of hydrogen-bond donors (Lipinski definition) is 3. The van der Waals surface area contributed by atoms with Crippen molar-refractivity contribution in [1.82, 2.24) is 5.32 Å². The van der Waals surface area contributed by atoms with Crippen LogP contribution in [0.5, 0.6) is 5.75 Å². The van der Waals surface area contributed by atoms with E-state index >= 15 is 0 Å². The van der Waals surface area contributed by atoms with Crippen molar-refractivity contribution in [1.29, 1.82) is 0 Å². The number of hydrogen-bond acceptors (Lipinski definition) is 5. The molecule has 0 spiro atoms. The van der Waals surface area contributed by atoms with E-state index in [1.807, 2.05) is 30.3 Å². The van der Waals surface area contributed by atoms with Gasteiger partial charge in [-0.15, -0.1) is 0 Å². The van der Waals surface area contributed by atoms with Gasteiger partial charge in [0.2, 0.25) is 6.41 Å². The molecule has 2 rings (SSSR count). The standard InChI is InChI=1S/C27H40N2O4Si/c1-19(31)21-11-9-10-20(14-21)16-27(5,6)29-17-25(33-34(7,8)26(2,3)4)22-12-13-24(32)23(15-22)28-18-30/h9-15,18,25,29,32H,16-17H2,1-8H3,(H,28,30)/t25-/m0/s1. The van der Waals surface area contributed by atoms with Crippen molar-refractivity contribution in [3.8, 4) is 5.75 Å². The molecule has 0 aliphatic heterocycles. The first kappa shape index (κ1) is 27.8. The van der Waals surface area contributed by atoms with E-state index in [-0.39, 0.29) is 28.2 Å². The number of rotatable bonds is 11. The summed E-state index contributed by atoms with van der Waals surface area (Å²) < 4.78 is 6.79. The van der Waals surface area contributed by atoms with Crippen LogP contribution >= 0.6 is 0 Å². The van der Waals surface area contributed by atoms with Gasteiger partial charge in [-0.2, -0.15) is 0 Å². The summed E-state index contributed by atoms with van der Waals surface area (Å²) in [6.07, 6.45) is 1.03. The third kappa shape index (κ3) is 7.51. The lowest BCUT2D eigenvalue weighted by atomic mass is 9.93. The van der Waals surface area contributed by atoms with Crippen LogP contribution < -0.4 is 10.6 Å². The maximum Gasteiger partial charge on any atom is 0.211 e. The Morgan fingerprint density at radius 2 is 1.79 bits per heavy atom. The normalized spacial score (nSPS) is 13.4. The molecule has 0 radical (unpaired) electrons. The molecule has 0 aliphatic rings. The number of carbonyl (C=O) groups is 2. The Bertz CT molecular complexity index is 1010. The maximum absolute atomic E-state index is 11.8. The number of carbonyl (C=O) groups excluding carboxylic acids is 2. The summed E-state index contributed by atoms with van der Waals surface area (Å²) in [5, 5.41) is 16.3. The minimum atomic E-state index is -2.12. The lowest BCUT2D eigenvalue weighted by Gasteiger charge is -2.40. The number of amides is 1. The SMILES string of the molecule is CC(=O)c1cccc(CC(C)(C)NC[C@H](O[Si](C)(C)C(C)(C)C)c2ccc(O)c(NC=O)c2)c1. The number of benzene rings is 2. The van der Waals surface area contributed by atoms with Crippen molar-refractivity contribution in [2.75, 3.05) is 11.9 Å². The van der Waals surface area contributed by atoms with E-state index in [1.165, 1.54) is 0 Å². The molecule has 0 heterocycles. The van der Waals surface area contributed by atoms with E-state index in [4.69, 9.17) is 4.43 Å². The predicted octanol–water partition coefficient (Wildman–Crippen LogP) is 5.84. The van der Waals surface area contributed by atoms with Crippen LogP contribution in [0.2, 0.25) is 18.1 Å². The molecule has 0 aliphatic carbocycles. The molecule has 2 aromatic carbocycles. The van der Waals surface area contributed by atoms with Gasteiger partial charge in [0.25, 0.3) is 0 Å². The Hall–Kier alpha value is -2.48. The van der Waals surface area contributed by atoms with Crippen LogP contribution in [-0.2, 0) is 15.6 Å². The monoisotopic (exact) mass is 484 g/mol. The number of anilines is 1. The van der Waals surface area contributed by atoms with Gasteiger partial charge in [0.05, 0.1) is 11.8 Å². The van der Waals surface area contributed by atoms with Gasteiger partial charge in [0.1, 0.15) is 5.75 Å². The largest absolute Gasteiger partial charge is 0.506 e. The molecular weight excluding hydrogens is 444 g/mol. The minimum Gasteiger partial charge on any atom is -0.506 e. The van der Waals surface area contributed by atoms with Crippen molar-refractivity contribution in [2.24, 2.45) is 0 Å². The molecule has 34 heavy (non-hydrogen) atoms. The topological polar surface area (TPSA) is 87.7 Å². The van der Waals surface area contributed by atoms with Gasteiger partial charge in [-0.1, -0.05) is 45.0 Å². The van der Waals surface area contributed by atoms with Gasteiger partial charge < -0.3 is 20.2 Å². The fourth-order valence-corrected chi connectivity index (χ4v) is 4.82. The molecule has 2 aromatic rings. The van der Waals surface area contributed by atoms with Crippen LogP contribution in [0, 0.1) is 0 Å².